The van der Waals surface area contributed by atoms with Gasteiger partial charge in [0, 0.05) is 13.0 Å². The lowest BCUT2D eigenvalue weighted by Gasteiger charge is -2.39. The molecule has 0 saturated carbocycles. The molecule has 0 radical (unpaired) electrons. The van der Waals surface area contributed by atoms with Gasteiger partial charge in [0.2, 0.25) is 0 Å². The number of unbranched alkanes of at least 4 members (excludes halogenated alkanes) is 6. The van der Waals surface area contributed by atoms with Gasteiger partial charge in [0.25, 0.3) is 0 Å². The summed E-state index contributed by atoms with van der Waals surface area (Å²) in [7, 11) is 0. The van der Waals surface area contributed by atoms with Crippen molar-refractivity contribution in [1.29, 1.82) is 0 Å². The van der Waals surface area contributed by atoms with Crippen molar-refractivity contribution in [3.63, 3.8) is 0 Å². The Morgan fingerprint density at radius 3 is 1.71 bits per heavy atom. The molecule has 52 heavy (non-hydrogen) atoms. The van der Waals surface area contributed by atoms with Crippen LogP contribution in [0.25, 0.3) is 0 Å². The quantitative estimate of drug-likeness (QED) is 0.0319. The van der Waals surface area contributed by atoms with Gasteiger partial charge in [-0.15, -0.1) is 0 Å². The molecule has 0 aromatic rings. The number of hydrogen-bond donors (Lipinski definition) is 4. The summed E-state index contributed by atoms with van der Waals surface area (Å²) >= 11 is 0. The number of esters is 1. The second kappa shape index (κ2) is 34.2. The zero-order valence-corrected chi connectivity index (χ0v) is 32.0. The van der Waals surface area contributed by atoms with Gasteiger partial charge in [-0.2, -0.15) is 0 Å². The van der Waals surface area contributed by atoms with Gasteiger partial charge in [-0.25, -0.2) is 0 Å². The molecule has 1 aliphatic heterocycles. The van der Waals surface area contributed by atoms with Gasteiger partial charge in [0.1, 0.15) is 30.5 Å². The summed E-state index contributed by atoms with van der Waals surface area (Å²) in [5, 5.41) is 39.8. The van der Waals surface area contributed by atoms with Crippen molar-refractivity contribution in [2.45, 2.75) is 153 Å². The van der Waals surface area contributed by atoms with Gasteiger partial charge in [-0.1, -0.05) is 125 Å². The highest BCUT2D eigenvalue weighted by atomic mass is 16.7. The topological polar surface area (TPSA) is 135 Å². The highest BCUT2D eigenvalue weighted by Crippen LogP contribution is 2.22. The zero-order valence-electron chi connectivity index (χ0n) is 32.0. The summed E-state index contributed by atoms with van der Waals surface area (Å²) in [6.45, 7) is 4.20. The third kappa shape index (κ3) is 25.4. The van der Waals surface area contributed by atoms with E-state index in [9.17, 15) is 25.2 Å². The Labute approximate surface area is 314 Å². The third-order valence-electron chi connectivity index (χ3n) is 8.33. The summed E-state index contributed by atoms with van der Waals surface area (Å²) in [6, 6.07) is 0. The van der Waals surface area contributed by atoms with Crippen LogP contribution in [-0.2, 0) is 23.7 Å². The van der Waals surface area contributed by atoms with E-state index in [1.54, 1.807) is 0 Å². The van der Waals surface area contributed by atoms with Crippen LogP contribution in [0.3, 0.4) is 0 Å². The number of carbonyl (C=O) groups excluding carboxylic acids is 1. The van der Waals surface area contributed by atoms with Gasteiger partial charge in [-0.05, 0) is 70.6 Å². The fourth-order valence-corrected chi connectivity index (χ4v) is 5.23. The molecule has 296 valence electrons. The summed E-state index contributed by atoms with van der Waals surface area (Å²) in [5.74, 6) is -0.348. The fraction of sp³-hybridized carbons (Fsp3) is 0.651. The highest BCUT2D eigenvalue weighted by Gasteiger charge is 2.44. The lowest BCUT2D eigenvalue weighted by Crippen LogP contribution is -2.59. The summed E-state index contributed by atoms with van der Waals surface area (Å²) in [5.41, 5.74) is 0. The van der Waals surface area contributed by atoms with Crippen LogP contribution < -0.4 is 0 Å². The molecule has 0 bridgehead atoms. The monoisotopic (exact) mass is 731 g/mol. The first kappa shape index (κ1) is 47.4. The van der Waals surface area contributed by atoms with Crippen LogP contribution in [0.4, 0.5) is 0 Å². The van der Waals surface area contributed by atoms with Gasteiger partial charge < -0.3 is 39.4 Å². The minimum Gasteiger partial charge on any atom is -0.457 e. The van der Waals surface area contributed by atoms with E-state index in [4.69, 9.17) is 18.9 Å². The van der Waals surface area contributed by atoms with E-state index in [0.717, 1.165) is 96.3 Å². The maximum atomic E-state index is 12.5. The predicted octanol–water partition coefficient (Wildman–Crippen LogP) is 7.91. The van der Waals surface area contributed by atoms with E-state index < -0.39 is 43.4 Å². The maximum absolute atomic E-state index is 12.5. The summed E-state index contributed by atoms with van der Waals surface area (Å²) in [4.78, 5) is 12.5. The molecule has 9 heteroatoms. The Hall–Kier alpha value is -2.63. The number of carbonyl (C=O) groups is 1. The molecular weight excluding hydrogens is 660 g/mol. The van der Waals surface area contributed by atoms with Gasteiger partial charge >= 0.3 is 5.97 Å². The van der Waals surface area contributed by atoms with Crippen molar-refractivity contribution in [2.75, 3.05) is 26.4 Å². The van der Waals surface area contributed by atoms with Crippen LogP contribution in [0.1, 0.15) is 117 Å². The first-order chi connectivity index (χ1) is 25.4. The molecule has 1 aliphatic rings. The van der Waals surface area contributed by atoms with E-state index in [2.05, 4.69) is 98.9 Å². The number of aliphatic hydroxyl groups excluding tert-OH is 4. The molecule has 1 saturated heterocycles. The van der Waals surface area contributed by atoms with Crippen molar-refractivity contribution in [2.24, 2.45) is 0 Å². The van der Waals surface area contributed by atoms with E-state index in [-0.39, 0.29) is 19.2 Å². The number of ether oxygens (including phenoxy) is 4. The average Bonchev–Trinajstić information content (AvgIpc) is 3.14. The van der Waals surface area contributed by atoms with Crippen molar-refractivity contribution in [1.82, 2.24) is 0 Å². The lowest BCUT2D eigenvalue weighted by atomic mass is 9.99. The second-order valence-corrected chi connectivity index (χ2v) is 13.0. The SMILES string of the molecule is CC/C=C\C/C=C\C/C=C\C/C=C\C/C=C\C/C=C\C/C=C\CCCCOCC(COC1OC(CO)C(O)C(O)C1O)OC(=O)CCCCCCC. The molecule has 6 unspecified atom stereocenters. The average molecular weight is 731 g/mol. The highest BCUT2D eigenvalue weighted by molar-refractivity contribution is 5.69. The molecule has 0 amide bonds. The molecule has 6 atom stereocenters. The van der Waals surface area contributed by atoms with Crippen molar-refractivity contribution >= 4 is 5.97 Å². The second-order valence-electron chi connectivity index (χ2n) is 13.0. The molecule has 1 fully saturated rings. The predicted molar refractivity (Wildman–Crippen MR) is 210 cm³/mol. The Kier molecular flexibility index (Phi) is 31.1. The smallest absolute Gasteiger partial charge is 0.306 e. The van der Waals surface area contributed by atoms with Crippen LogP contribution in [0.15, 0.2) is 85.1 Å². The van der Waals surface area contributed by atoms with Gasteiger partial charge in [0.05, 0.1) is 19.8 Å². The maximum Gasteiger partial charge on any atom is 0.306 e. The van der Waals surface area contributed by atoms with Crippen molar-refractivity contribution in [3.05, 3.63) is 85.1 Å². The van der Waals surface area contributed by atoms with Crippen LogP contribution in [0.2, 0.25) is 0 Å². The first-order valence-electron chi connectivity index (χ1n) is 19.7. The van der Waals surface area contributed by atoms with E-state index in [1.165, 1.54) is 0 Å². The molecule has 0 aromatic heterocycles. The van der Waals surface area contributed by atoms with Crippen LogP contribution >= 0.6 is 0 Å². The Morgan fingerprint density at radius 2 is 1.17 bits per heavy atom. The molecule has 1 heterocycles. The van der Waals surface area contributed by atoms with E-state index in [1.807, 2.05) is 0 Å². The molecule has 1 rings (SSSR count). The molecule has 0 aliphatic carbocycles. The molecular formula is C43H70O9. The van der Waals surface area contributed by atoms with Crippen LogP contribution in [0, 0.1) is 0 Å². The molecule has 4 N–H and O–H groups in total. The normalized spacial score (nSPS) is 22.2. The van der Waals surface area contributed by atoms with Crippen molar-refractivity contribution in [3.8, 4) is 0 Å². The van der Waals surface area contributed by atoms with Crippen LogP contribution in [0.5, 0.6) is 0 Å². The number of hydrogen-bond acceptors (Lipinski definition) is 9. The number of rotatable bonds is 31. The standard InChI is InChI=1S/C43H70O9/c1-3-5-7-9-10-11-12-13-14-15-16-17-18-19-20-21-22-23-24-25-26-27-29-31-33-49-35-37(51-39(45)32-30-28-8-6-4-2)36-50-43-42(48)41(47)40(46)38(34-44)52-43/h5,7,10-11,13-14,16-17,19-20,22-23,25-26,37-38,40-44,46-48H,3-4,6,8-9,12,15,18,21,24,27-36H2,1-2H3/b7-5-,11-10-,14-13-,17-16-,20-19-,23-22-,26-25-. The number of allylic oxidation sites excluding steroid dienone is 14. The lowest BCUT2D eigenvalue weighted by molar-refractivity contribution is -0.305. The Bertz CT molecular complexity index is 1060. The summed E-state index contributed by atoms with van der Waals surface area (Å²) < 4.78 is 22.5. The fourth-order valence-electron chi connectivity index (χ4n) is 5.23. The van der Waals surface area contributed by atoms with Crippen molar-refractivity contribution < 1.29 is 44.2 Å². The van der Waals surface area contributed by atoms with Gasteiger partial charge in [-0.3, -0.25) is 4.79 Å². The first-order valence-corrected chi connectivity index (χ1v) is 19.7. The Balaban J connectivity index is 2.24. The molecule has 0 spiro atoms. The Morgan fingerprint density at radius 1 is 0.635 bits per heavy atom. The minimum atomic E-state index is -1.55. The number of aliphatic hydroxyl groups is 4. The zero-order chi connectivity index (χ0) is 37.9. The van der Waals surface area contributed by atoms with E-state index in [0.29, 0.717) is 13.0 Å². The molecule has 9 nitrogen and oxygen atoms in total. The van der Waals surface area contributed by atoms with E-state index >= 15 is 0 Å². The third-order valence-corrected chi connectivity index (χ3v) is 8.33. The largest absolute Gasteiger partial charge is 0.457 e. The van der Waals surface area contributed by atoms with Crippen LogP contribution in [-0.4, -0.2) is 89.6 Å². The minimum absolute atomic E-state index is 0.109. The van der Waals surface area contributed by atoms with Gasteiger partial charge in [0.15, 0.2) is 6.29 Å². The summed E-state index contributed by atoms with van der Waals surface area (Å²) in [6.07, 6.45) is 38.1. The molecule has 0 aromatic carbocycles.